The largest absolute Gasteiger partial charge is 0.508 e. The molecule has 0 unspecified atom stereocenters. The standard InChI is InChI=1S/C30H41FN8O2.C2HF3O2/c31-26-10-7-24(22-38-16-2-1-3-17-38)21-27(26)41-20-4-12-33-28-35-29(34-13-11-23-5-8-25(40)9-6-23)37-30(36-28)39-18-14-32-15-19-39;3-2(4,5)1(6)7/h5-10,21,32,40H,1-4,11-20,22H2,(H2,33,34,35,36,37);(H,6,7). The van der Waals surface area contributed by atoms with Crippen molar-refractivity contribution in [3.63, 3.8) is 0 Å². The molecule has 5 rings (SSSR count). The second kappa shape index (κ2) is 18.2. The van der Waals surface area contributed by atoms with E-state index in [0.717, 1.165) is 63.4 Å². The smallest absolute Gasteiger partial charge is 0.490 e. The number of carbonyl (C=O) groups is 1. The molecule has 48 heavy (non-hydrogen) atoms. The first-order chi connectivity index (χ1) is 23.1. The highest BCUT2D eigenvalue weighted by Gasteiger charge is 2.38. The van der Waals surface area contributed by atoms with Crippen molar-refractivity contribution < 1.29 is 37.3 Å². The van der Waals surface area contributed by atoms with Crippen LogP contribution in [0.3, 0.4) is 0 Å². The first kappa shape index (κ1) is 36.4. The lowest BCUT2D eigenvalue weighted by Crippen LogP contribution is -2.44. The van der Waals surface area contributed by atoms with E-state index in [1.165, 1.54) is 25.3 Å². The minimum Gasteiger partial charge on any atom is -0.508 e. The number of alkyl halides is 3. The maximum Gasteiger partial charge on any atom is 0.490 e. The Labute approximate surface area is 276 Å². The molecule has 0 spiro atoms. The summed E-state index contributed by atoms with van der Waals surface area (Å²) in [6.07, 6.45) is 0.0985. The highest BCUT2D eigenvalue weighted by atomic mass is 19.4. The van der Waals surface area contributed by atoms with E-state index in [-0.39, 0.29) is 11.6 Å². The average molecular weight is 679 g/mol. The first-order valence-electron chi connectivity index (χ1n) is 16.0. The van der Waals surface area contributed by atoms with Crippen molar-refractivity contribution >= 4 is 23.8 Å². The zero-order chi connectivity index (χ0) is 34.4. The van der Waals surface area contributed by atoms with Crippen molar-refractivity contribution in [2.75, 3.05) is 74.5 Å². The zero-order valence-corrected chi connectivity index (χ0v) is 26.6. The van der Waals surface area contributed by atoms with Crippen molar-refractivity contribution in [2.24, 2.45) is 0 Å². The number of halogens is 4. The van der Waals surface area contributed by atoms with Crippen LogP contribution in [0.15, 0.2) is 42.5 Å². The number of benzene rings is 2. The summed E-state index contributed by atoms with van der Waals surface area (Å²) in [5.41, 5.74) is 2.19. The van der Waals surface area contributed by atoms with Crippen molar-refractivity contribution in [3.05, 3.63) is 59.4 Å². The number of phenolic OH excluding ortho intramolecular Hbond substituents is 1. The molecule has 262 valence electrons. The summed E-state index contributed by atoms with van der Waals surface area (Å²) in [5, 5.41) is 26.6. The zero-order valence-electron chi connectivity index (χ0n) is 26.6. The number of nitrogens with one attached hydrogen (secondary N) is 3. The molecule has 0 radical (unpaired) electrons. The number of likely N-dealkylation sites (tertiary alicyclic amines) is 1. The number of aromatic nitrogens is 3. The highest BCUT2D eigenvalue weighted by Crippen LogP contribution is 2.22. The van der Waals surface area contributed by atoms with Gasteiger partial charge in [-0.05, 0) is 74.2 Å². The highest BCUT2D eigenvalue weighted by molar-refractivity contribution is 5.73. The molecule has 1 aromatic heterocycles. The number of phenols is 1. The van der Waals surface area contributed by atoms with E-state index in [2.05, 4.69) is 40.7 Å². The molecule has 2 saturated heterocycles. The van der Waals surface area contributed by atoms with E-state index in [1.54, 1.807) is 12.1 Å². The molecule has 3 heterocycles. The van der Waals surface area contributed by atoms with Crippen molar-refractivity contribution in [1.29, 1.82) is 0 Å². The van der Waals surface area contributed by atoms with E-state index >= 15 is 0 Å². The van der Waals surface area contributed by atoms with E-state index in [1.807, 2.05) is 24.3 Å². The Bertz CT molecular complexity index is 1440. The fourth-order valence-corrected chi connectivity index (χ4v) is 5.10. The first-order valence-corrected chi connectivity index (χ1v) is 16.0. The van der Waals surface area contributed by atoms with Crippen LogP contribution in [0.1, 0.15) is 36.8 Å². The van der Waals surface area contributed by atoms with E-state index in [9.17, 15) is 22.7 Å². The van der Waals surface area contributed by atoms with Gasteiger partial charge in [0.2, 0.25) is 17.8 Å². The van der Waals surface area contributed by atoms with Gasteiger partial charge in [0.25, 0.3) is 0 Å². The molecule has 2 aromatic carbocycles. The Balaban J connectivity index is 0.000000671. The van der Waals surface area contributed by atoms with Crippen LogP contribution in [0.25, 0.3) is 0 Å². The van der Waals surface area contributed by atoms with Gasteiger partial charge in [-0.1, -0.05) is 24.6 Å². The topological polar surface area (TPSA) is 148 Å². The van der Waals surface area contributed by atoms with Gasteiger partial charge in [-0.3, -0.25) is 4.90 Å². The number of hydrogen-bond donors (Lipinski definition) is 5. The number of piperidine rings is 1. The molecule has 0 bridgehead atoms. The van der Waals surface area contributed by atoms with Gasteiger partial charge in [0.1, 0.15) is 5.75 Å². The Hall–Kier alpha value is -4.44. The normalized spacial score (nSPS) is 15.3. The molecule has 2 aliphatic rings. The number of carboxylic acids is 1. The lowest BCUT2D eigenvalue weighted by molar-refractivity contribution is -0.192. The van der Waals surface area contributed by atoms with Crippen molar-refractivity contribution in [2.45, 2.75) is 44.8 Å². The van der Waals surface area contributed by atoms with E-state index < -0.39 is 12.1 Å². The monoisotopic (exact) mass is 678 g/mol. The van der Waals surface area contributed by atoms with Crippen LogP contribution in [0, 0.1) is 5.82 Å². The van der Waals surface area contributed by atoms with Gasteiger partial charge in [-0.25, -0.2) is 9.18 Å². The predicted molar refractivity (Wildman–Crippen MR) is 173 cm³/mol. The van der Waals surface area contributed by atoms with Gasteiger partial charge in [0, 0.05) is 45.8 Å². The third-order valence-electron chi connectivity index (χ3n) is 7.61. The summed E-state index contributed by atoms with van der Waals surface area (Å²) in [7, 11) is 0. The molecule has 0 amide bonds. The van der Waals surface area contributed by atoms with E-state index in [0.29, 0.717) is 49.7 Å². The number of hydrogen-bond acceptors (Lipinski definition) is 11. The number of aromatic hydroxyl groups is 1. The van der Waals surface area contributed by atoms with E-state index in [4.69, 9.17) is 14.6 Å². The SMILES string of the molecule is O=C(O)C(F)(F)F.Oc1ccc(CCNc2nc(NCCCOc3cc(CN4CCCCC4)ccc3F)nc(N3CCNCC3)n2)cc1. The van der Waals surface area contributed by atoms with Crippen LogP contribution in [0.2, 0.25) is 0 Å². The maximum atomic E-state index is 14.4. The van der Waals surface area contributed by atoms with Gasteiger partial charge in [-0.15, -0.1) is 0 Å². The summed E-state index contributed by atoms with van der Waals surface area (Å²) in [4.78, 5) is 27.4. The van der Waals surface area contributed by atoms with Crippen LogP contribution in [0.4, 0.5) is 35.4 Å². The predicted octanol–water partition coefficient (Wildman–Crippen LogP) is 4.28. The van der Waals surface area contributed by atoms with Gasteiger partial charge < -0.3 is 35.8 Å². The average Bonchev–Trinajstić information content (AvgIpc) is 3.07. The summed E-state index contributed by atoms with van der Waals surface area (Å²) >= 11 is 0. The molecule has 2 fully saturated rings. The van der Waals surface area contributed by atoms with Crippen molar-refractivity contribution in [1.82, 2.24) is 25.2 Å². The van der Waals surface area contributed by atoms with Crippen LogP contribution < -0.4 is 25.6 Å². The molecule has 0 aliphatic carbocycles. The molecule has 0 atom stereocenters. The Kier molecular flexibility index (Phi) is 13.8. The number of nitrogens with zero attached hydrogens (tertiary/aromatic N) is 5. The summed E-state index contributed by atoms with van der Waals surface area (Å²) in [5.74, 6) is -0.878. The Morgan fingerprint density at radius 2 is 1.52 bits per heavy atom. The van der Waals surface area contributed by atoms with Crippen LogP contribution in [0.5, 0.6) is 11.5 Å². The minimum absolute atomic E-state index is 0.257. The fourth-order valence-electron chi connectivity index (χ4n) is 5.10. The summed E-state index contributed by atoms with van der Waals surface area (Å²) in [6.45, 7) is 8.04. The van der Waals surface area contributed by atoms with Crippen molar-refractivity contribution in [3.8, 4) is 11.5 Å². The quantitative estimate of drug-likeness (QED) is 0.130. The van der Waals surface area contributed by atoms with Gasteiger partial charge in [0.15, 0.2) is 11.6 Å². The molecule has 5 N–H and O–H groups in total. The third-order valence-corrected chi connectivity index (χ3v) is 7.61. The molecule has 12 nitrogen and oxygen atoms in total. The third kappa shape index (κ3) is 12.3. The number of piperazine rings is 1. The number of rotatable bonds is 13. The molecule has 2 aliphatic heterocycles. The minimum atomic E-state index is -5.08. The number of ether oxygens (including phenoxy) is 1. The molecular formula is C32H42F4N8O4. The Morgan fingerprint density at radius 1 is 0.896 bits per heavy atom. The summed E-state index contributed by atoms with van der Waals surface area (Å²) in [6, 6.07) is 12.4. The molecule has 16 heteroatoms. The van der Waals surface area contributed by atoms with Crippen LogP contribution in [-0.2, 0) is 17.8 Å². The number of aliphatic carboxylic acids is 1. The maximum absolute atomic E-state index is 14.4. The lowest BCUT2D eigenvalue weighted by Gasteiger charge is -2.27. The van der Waals surface area contributed by atoms with Gasteiger partial charge in [-0.2, -0.15) is 28.1 Å². The molecular weight excluding hydrogens is 636 g/mol. The van der Waals surface area contributed by atoms with Crippen LogP contribution >= 0.6 is 0 Å². The molecule has 0 saturated carbocycles. The summed E-state index contributed by atoms with van der Waals surface area (Å²) < 4.78 is 52.0. The Morgan fingerprint density at radius 3 is 2.17 bits per heavy atom. The number of carboxylic acid groups (broad SMARTS) is 1. The second-order valence-electron chi connectivity index (χ2n) is 11.4. The molecule has 3 aromatic rings. The van der Waals surface area contributed by atoms with Crippen LogP contribution in [-0.4, -0.2) is 101 Å². The lowest BCUT2D eigenvalue weighted by atomic mass is 10.1. The second-order valence-corrected chi connectivity index (χ2v) is 11.4. The van der Waals surface area contributed by atoms with Gasteiger partial charge in [0.05, 0.1) is 6.61 Å². The van der Waals surface area contributed by atoms with Gasteiger partial charge >= 0.3 is 12.1 Å². The fraction of sp³-hybridized carbons (Fsp3) is 0.500. The number of anilines is 3.